The molecular formula is C27H39ClN4O3. The maximum Gasteiger partial charge on any atom is 0.290 e. The number of ether oxygens (including phenoxy) is 1. The van der Waals surface area contributed by atoms with Crippen LogP contribution in [0.2, 0.25) is 5.02 Å². The van der Waals surface area contributed by atoms with Crippen molar-refractivity contribution in [3.63, 3.8) is 0 Å². The van der Waals surface area contributed by atoms with Crippen molar-refractivity contribution in [2.24, 2.45) is 5.73 Å². The third-order valence-electron chi connectivity index (χ3n) is 5.92. The molecule has 0 saturated heterocycles. The van der Waals surface area contributed by atoms with Crippen molar-refractivity contribution in [1.29, 1.82) is 0 Å². The van der Waals surface area contributed by atoms with Crippen molar-refractivity contribution in [2.45, 2.75) is 71.6 Å². The fourth-order valence-corrected chi connectivity index (χ4v) is 4.52. The van der Waals surface area contributed by atoms with E-state index in [1.165, 1.54) is 5.56 Å². The number of allylic oxidation sites excluding steroid dienone is 1. The standard InChI is InChI=1S/C26H37ClN4O.CH2O2/c1-5-19(9-11-23(28)15-29-6-2)20-10-12-24(27)22(14-20)17-31-16-21-8-7-13-30-25(21)32-26(3,4)18-31;2-1-3/h7-8,10,12-15,19,29H,5-6,9,11,16-18,28H2,1-4H3;1H,(H,2,3)/b23-15-;. The molecule has 7 nitrogen and oxygen atoms in total. The predicted octanol–water partition coefficient (Wildman–Crippen LogP) is 5.29. The van der Waals surface area contributed by atoms with E-state index in [4.69, 9.17) is 32.0 Å². The predicted molar refractivity (Wildman–Crippen MR) is 141 cm³/mol. The number of carboxylic acid groups (broad SMARTS) is 1. The Hall–Kier alpha value is -2.77. The van der Waals surface area contributed by atoms with Crippen LogP contribution in [0.3, 0.4) is 0 Å². The van der Waals surface area contributed by atoms with Gasteiger partial charge in [-0.1, -0.05) is 36.7 Å². The number of benzene rings is 1. The fraction of sp³-hybridized carbons (Fsp3) is 0.481. The molecule has 1 aromatic heterocycles. The zero-order valence-corrected chi connectivity index (χ0v) is 22.0. The van der Waals surface area contributed by atoms with E-state index in [2.05, 4.69) is 61.1 Å². The summed E-state index contributed by atoms with van der Waals surface area (Å²) in [4.78, 5) is 15.2. The number of aromatic nitrogens is 1. The fourth-order valence-electron chi connectivity index (χ4n) is 4.34. The Morgan fingerprint density at radius 1 is 1.37 bits per heavy atom. The lowest BCUT2D eigenvalue weighted by Crippen LogP contribution is -2.40. The molecule has 2 aromatic rings. The molecule has 1 atom stereocenters. The van der Waals surface area contributed by atoms with Crippen LogP contribution in [0, 0.1) is 0 Å². The molecule has 1 aromatic carbocycles. The second-order valence-corrected chi connectivity index (χ2v) is 9.76. The van der Waals surface area contributed by atoms with E-state index in [9.17, 15) is 0 Å². The molecule has 2 heterocycles. The van der Waals surface area contributed by atoms with Crippen LogP contribution in [0.5, 0.6) is 5.88 Å². The van der Waals surface area contributed by atoms with Crippen molar-refractivity contribution < 1.29 is 14.6 Å². The minimum Gasteiger partial charge on any atom is -0.483 e. The number of halogens is 1. The van der Waals surface area contributed by atoms with Crippen LogP contribution in [-0.4, -0.2) is 40.2 Å². The van der Waals surface area contributed by atoms with Crippen molar-refractivity contribution in [3.8, 4) is 5.88 Å². The maximum absolute atomic E-state index is 8.36. The number of nitrogens with one attached hydrogen (secondary N) is 1. The highest BCUT2D eigenvalue weighted by Crippen LogP contribution is 2.32. The third kappa shape index (κ3) is 9.07. The van der Waals surface area contributed by atoms with E-state index >= 15 is 0 Å². The first kappa shape index (κ1) is 28.5. The summed E-state index contributed by atoms with van der Waals surface area (Å²) < 4.78 is 6.20. The van der Waals surface area contributed by atoms with Gasteiger partial charge in [-0.25, -0.2) is 4.98 Å². The van der Waals surface area contributed by atoms with E-state index in [-0.39, 0.29) is 12.1 Å². The van der Waals surface area contributed by atoms with E-state index < -0.39 is 0 Å². The van der Waals surface area contributed by atoms with E-state index in [0.717, 1.165) is 73.2 Å². The Morgan fingerprint density at radius 3 is 2.80 bits per heavy atom. The molecule has 0 bridgehead atoms. The van der Waals surface area contributed by atoms with Crippen LogP contribution >= 0.6 is 11.6 Å². The Balaban J connectivity index is 0.00000137. The lowest BCUT2D eigenvalue weighted by Gasteiger charge is -2.29. The summed E-state index contributed by atoms with van der Waals surface area (Å²) in [5.41, 5.74) is 10.3. The van der Waals surface area contributed by atoms with Gasteiger partial charge in [-0.3, -0.25) is 9.69 Å². The largest absolute Gasteiger partial charge is 0.483 e. The summed E-state index contributed by atoms with van der Waals surface area (Å²) in [7, 11) is 0. The number of nitrogens with two attached hydrogens (primary N) is 1. The van der Waals surface area contributed by atoms with Gasteiger partial charge in [0.05, 0.1) is 0 Å². The smallest absolute Gasteiger partial charge is 0.290 e. The van der Waals surface area contributed by atoms with Crippen LogP contribution in [0.25, 0.3) is 0 Å². The first-order valence-electron chi connectivity index (χ1n) is 12.1. The molecule has 0 aliphatic carbocycles. The van der Waals surface area contributed by atoms with Gasteiger partial charge in [0.15, 0.2) is 0 Å². The summed E-state index contributed by atoms with van der Waals surface area (Å²) in [5.74, 6) is 1.18. The highest BCUT2D eigenvalue weighted by Gasteiger charge is 2.30. The summed E-state index contributed by atoms with van der Waals surface area (Å²) in [5, 5.41) is 10.9. The van der Waals surface area contributed by atoms with Gasteiger partial charge in [-0.05, 0) is 69.2 Å². The molecule has 0 amide bonds. The Bertz CT molecular complexity index is 981. The van der Waals surface area contributed by atoms with Crippen molar-refractivity contribution in [1.82, 2.24) is 15.2 Å². The molecule has 1 aliphatic heterocycles. The zero-order chi connectivity index (χ0) is 25.8. The summed E-state index contributed by atoms with van der Waals surface area (Å²) in [6, 6.07) is 10.5. The van der Waals surface area contributed by atoms with Gasteiger partial charge in [-0.15, -0.1) is 0 Å². The molecule has 0 fully saturated rings. The quantitative estimate of drug-likeness (QED) is 0.400. The molecule has 4 N–H and O–H groups in total. The summed E-state index contributed by atoms with van der Waals surface area (Å²) in [6.07, 6.45) is 6.69. The van der Waals surface area contributed by atoms with Gasteiger partial charge >= 0.3 is 0 Å². The molecule has 8 heteroatoms. The van der Waals surface area contributed by atoms with Gasteiger partial charge < -0.3 is 20.9 Å². The highest BCUT2D eigenvalue weighted by molar-refractivity contribution is 6.31. The number of hydrogen-bond acceptors (Lipinski definition) is 6. The van der Waals surface area contributed by atoms with Gasteiger partial charge in [0, 0.05) is 54.9 Å². The first-order valence-corrected chi connectivity index (χ1v) is 12.5. The molecule has 0 radical (unpaired) electrons. The summed E-state index contributed by atoms with van der Waals surface area (Å²) in [6.45, 7) is 11.5. The number of hydrogen-bond donors (Lipinski definition) is 3. The lowest BCUT2D eigenvalue weighted by molar-refractivity contribution is -0.122. The lowest BCUT2D eigenvalue weighted by atomic mass is 9.90. The van der Waals surface area contributed by atoms with Crippen molar-refractivity contribution >= 4 is 18.1 Å². The molecular weight excluding hydrogens is 464 g/mol. The van der Waals surface area contributed by atoms with Crippen LogP contribution < -0.4 is 15.8 Å². The number of carbonyl (C=O) groups is 1. The minimum atomic E-state index is -0.327. The monoisotopic (exact) mass is 502 g/mol. The number of nitrogens with zero attached hydrogens (tertiary/aromatic N) is 2. The van der Waals surface area contributed by atoms with E-state index in [1.807, 2.05) is 18.3 Å². The molecule has 192 valence electrons. The number of rotatable bonds is 9. The molecule has 0 saturated carbocycles. The highest BCUT2D eigenvalue weighted by atomic mass is 35.5. The second-order valence-electron chi connectivity index (χ2n) is 9.35. The van der Waals surface area contributed by atoms with Crippen LogP contribution in [-0.2, 0) is 17.9 Å². The Morgan fingerprint density at radius 2 is 2.11 bits per heavy atom. The number of fused-ring (bicyclic) bond motifs is 1. The maximum atomic E-state index is 8.36. The van der Waals surface area contributed by atoms with Crippen LogP contribution in [0.15, 0.2) is 48.4 Å². The van der Waals surface area contributed by atoms with Crippen LogP contribution in [0.4, 0.5) is 0 Å². The van der Waals surface area contributed by atoms with Crippen molar-refractivity contribution in [2.75, 3.05) is 13.1 Å². The molecule has 3 rings (SSSR count). The Kier molecular flexibility index (Phi) is 11.3. The Labute approximate surface area is 214 Å². The number of pyridine rings is 1. The summed E-state index contributed by atoms with van der Waals surface area (Å²) >= 11 is 6.65. The van der Waals surface area contributed by atoms with Gasteiger partial charge in [0.1, 0.15) is 5.60 Å². The molecule has 35 heavy (non-hydrogen) atoms. The molecule has 1 unspecified atom stereocenters. The second kappa shape index (κ2) is 14.0. The average Bonchev–Trinajstić information content (AvgIpc) is 2.94. The van der Waals surface area contributed by atoms with Gasteiger partial charge in [0.2, 0.25) is 5.88 Å². The average molecular weight is 503 g/mol. The molecule has 0 spiro atoms. The SMILES string of the molecule is CCN/C=C(\N)CCC(CC)c1ccc(Cl)c(CN2Cc3cccnc3OC(C)(C)C2)c1.O=CO. The van der Waals surface area contributed by atoms with E-state index in [0.29, 0.717) is 5.92 Å². The minimum absolute atomic E-state index is 0.250. The van der Waals surface area contributed by atoms with Gasteiger partial charge in [0.25, 0.3) is 6.47 Å². The third-order valence-corrected chi connectivity index (χ3v) is 6.29. The van der Waals surface area contributed by atoms with Crippen molar-refractivity contribution in [3.05, 3.63) is 70.1 Å². The van der Waals surface area contributed by atoms with Gasteiger partial charge in [-0.2, -0.15) is 0 Å². The molecule has 1 aliphatic rings. The topological polar surface area (TPSA) is 101 Å². The van der Waals surface area contributed by atoms with Crippen LogP contribution in [0.1, 0.15) is 69.6 Å². The van der Waals surface area contributed by atoms with E-state index in [1.54, 1.807) is 6.20 Å². The first-order chi connectivity index (χ1) is 16.7. The zero-order valence-electron chi connectivity index (χ0n) is 21.3. The normalized spacial score (nSPS) is 16.1.